The van der Waals surface area contributed by atoms with E-state index in [9.17, 15) is 0 Å². The molecule has 0 unspecified atom stereocenters. The number of methoxy groups -OCH3 is 2. The van der Waals surface area contributed by atoms with E-state index in [0.717, 1.165) is 17.7 Å². The number of ether oxygens (including phenoxy) is 2. The van der Waals surface area contributed by atoms with Crippen LogP contribution in [-0.4, -0.2) is 29.4 Å². The van der Waals surface area contributed by atoms with Crippen molar-refractivity contribution in [1.29, 1.82) is 0 Å². The van der Waals surface area contributed by atoms with E-state index in [1.807, 2.05) is 31.2 Å². The minimum atomic E-state index is -1.00. The summed E-state index contributed by atoms with van der Waals surface area (Å²) in [6.07, 6.45) is 2.57. The molecule has 0 amide bonds. The molecule has 1 aromatic rings. The molecule has 17 heavy (non-hydrogen) atoms. The van der Waals surface area contributed by atoms with Gasteiger partial charge in [-0.15, -0.1) is 0 Å². The first kappa shape index (κ1) is 14.0. The third-order valence-electron chi connectivity index (χ3n) is 2.87. The van der Waals surface area contributed by atoms with Crippen LogP contribution in [0.1, 0.15) is 18.9 Å². The number of rotatable bonds is 7. The highest BCUT2D eigenvalue weighted by atomic mass is 28.2. The molecule has 0 spiro atoms. The third-order valence-corrected chi connectivity index (χ3v) is 4.84. The molecule has 0 bridgehead atoms. The number of benzene rings is 1. The Bertz CT molecular complexity index is 353. The molecule has 1 rings (SSSR count). The summed E-state index contributed by atoms with van der Waals surface area (Å²) in [5.74, 6) is 0.848. The second kappa shape index (κ2) is 6.59. The van der Waals surface area contributed by atoms with E-state index < -0.39 is 15.2 Å². The van der Waals surface area contributed by atoms with E-state index in [1.165, 1.54) is 0 Å². The largest absolute Gasteiger partial charge is 0.543 e. The molecule has 0 aliphatic heterocycles. The van der Waals surface area contributed by atoms with Crippen LogP contribution < -0.4 is 4.43 Å². The zero-order valence-electron chi connectivity index (χ0n) is 10.7. The normalized spacial score (nSPS) is 11.9. The highest BCUT2D eigenvalue weighted by Gasteiger charge is 2.29. The molecule has 0 fully saturated rings. The van der Waals surface area contributed by atoms with Crippen molar-refractivity contribution in [2.45, 2.75) is 18.8 Å². The van der Waals surface area contributed by atoms with E-state index in [4.69, 9.17) is 13.9 Å². The molecule has 0 aliphatic rings. The summed E-state index contributed by atoms with van der Waals surface area (Å²) in [7, 11) is 2.31. The van der Waals surface area contributed by atoms with Crippen LogP contribution in [-0.2, 0) is 9.47 Å². The van der Waals surface area contributed by atoms with E-state index in [2.05, 4.69) is 6.58 Å². The van der Waals surface area contributed by atoms with E-state index >= 15 is 0 Å². The van der Waals surface area contributed by atoms with Gasteiger partial charge in [-0.3, -0.25) is 0 Å². The molecule has 0 heterocycles. The Morgan fingerprint density at radius 3 is 2.47 bits per heavy atom. The second-order valence-electron chi connectivity index (χ2n) is 3.70. The summed E-state index contributed by atoms with van der Waals surface area (Å²) >= 11 is 0. The first-order valence-electron chi connectivity index (χ1n) is 5.66. The van der Waals surface area contributed by atoms with Crippen molar-refractivity contribution < 1.29 is 13.9 Å². The fraction of sp³-hybridized carbons (Fsp3) is 0.385. The van der Waals surface area contributed by atoms with Crippen molar-refractivity contribution in [2.75, 3.05) is 14.2 Å². The van der Waals surface area contributed by atoms with Crippen LogP contribution in [0.15, 0.2) is 30.8 Å². The van der Waals surface area contributed by atoms with Crippen LogP contribution in [0.2, 0.25) is 0 Å². The molecule has 0 atom stereocenters. The van der Waals surface area contributed by atoms with E-state index in [0.29, 0.717) is 0 Å². The Balaban J connectivity index is 2.75. The van der Waals surface area contributed by atoms with Crippen LogP contribution >= 0.6 is 0 Å². The standard InChI is InChI=1S/C13H20O3Si/c1-5-11-9-7-8-10-12(11)16-17-13(6-2,14-3)15-4/h5,7-10H,1,6,17H2,2-4H3. The van der Waals surface area contributed by atoms with Crippen molar-refractivity contribution in [3.63, 3.8) is 0 Å². The van der Waals surface area contributed by atoms with Crippen LogP contribution in [0.3, 0.4) is 0 Å². The second-order valence-corrected chi connectivity index (χ2v) is 5.36. The first-order chi connectivity index (χ1) is 8.21. The molecule has 0 radical (unpaired) electrons. The molecular formula is C13H20O3Si. The fourth-order valence-corrected chi connectivity index (χ4v) is 2.64. The molecule has 0 aliphatic carbocycles. The minimum Gasteiger partial charge on any atom is -0.543 e. The zero-order valence-corrected chi connectivity index (χ0v) is 12.1. The molecule has 0 saturated carbocycles. The van der Waals surface area contributed by atoms with Crippen LogP contribution in [0.4, 0.5) is 0 Å². The summed E-state index contributed by atoms with van der Waals surface area (Å²) in [5, 5.41) is 0. The highest BCUT2D eigenvalue weighted by molar-refractivity contribution is 6.32. The van der Waals surface area contributed by atoms with Gasteiger partial charge in [-0.2, -0.15) is 0 Å². The molecule has 3 nitrogen and oxygen atoms in total. The van der Waals surface area contributed by atoms with Crippen LogP contribution in [0, 0.1) is 0 Å². The molecule has 0 saturated heterocycles. The predicted molar refractivity (Wildman–Crippen MR) is 72.7 cm³/mol. The number of para-hydroxylation sites is 1. The lowest BCUT2D eigenvalue weighted by Gasteiger charge is -2.29. The topological polar surface area (TPSA) is 27.7 Å². The lowest BCUT2D eigenvalue weighted by atomic mass is 10.2. The van der Waals surface area contributed by atoms with Gasteiger partial charge in [0.25, 0.3) is 9.76 Å². The molecule has 4 heteroatoms. The van der Waals surface area contributed by atoms with Crippen LogP contribution in [0.25, 0.3) is 6.08 Å². The van der Waals surface area contributed by atoms with E-state index in [1.54, 1.807) is 20.3 Å². The Morgan fingerprint density at radius 1 is 1.29 bits per heavy atom. The minimum absolute atomic E-state index is 0.547. The van der Waals surface area contributed by atoms with Gasteiger partial charge in [-0.1, -0.05) is 37.8 Å². The Morgan fingerprint density at radius 2 is 1.94 bits per heavy atom. The summed E-state index contributed by atoms with van der Waals surface area (Å²) in [6, 6.07) is 7.83. The van der Waals surface area contributed by atoms with Crippen molar-refractivity contribution in [2.24, 2.45) is 0 Å². The van der Waals surface area contributed by atoms with Gasteiger partial charge < -0.3 is 13.9 Å². The summed E-state index contributed by atoms with van der Waals surface area (Å²) in [6.45, 7) is 5.80. The fourth-order valence-electron chi connectivity index (χ4n) is 1.56. The van der Waals surface area contributed by atoms with Gasteiger partial charge in [0.05, 0.1) is 0 Å². The monoisotopic (exact) mass is 252 g/mol. The van der Waals surface area contributed by atoms with Gasteiger partial charge in [0, 0.05) is 19.8 Å². The predicted octanol–water partition coefficient (Wildman–Crippen LogP) is 2.15. The van der Waals surface area contributed by atoms with Gasteiger partial charge in [0.1, 0.15) is 5.75 Å². The molecule has 0 N–H and O–H groups in total. The maximum atomic E-state index is 5.88. The summed E-state index contributed by atoms with van der Waals surface area (Å²) in [4.78, 5) is 0. The molecule has 94 valence electrons. The maximum absolute atomic E-state index is 5.88. The first-order valence-corrected chi connectivity index (χ1v) is 6.94. The van der Waals surface area contributed by atoms with Crippen molar-refractivity contribution in [3.05, 3.63) is 36.4 Å². The SMILES string of the molecule is C=Cc1ccccc1O[SiH2]C(CC)(OC)OC. The molecule has 0 aromatic heterocycles. The lowest BCUT2D eigenvalue weighted by Crippen LogP contribution is -2.42. The van der Waals surface area contributed by atoms with Gasteiger partial charge in [-0.25, -0.2) is 0 Å². The summed E-state index contributed by atoms with van der Waals surface area (Å²) < 4.78 is 16.7. The molecule has 1 aromatic carbocycles. The number of hydrogen-bond donors (Lipinski definition) is 0. The van der Waals surface area contributed by atoms with Crippen LogP contribution in [0.5, 0.6) is 5.75 Å². The van der Waals surface area contributed by atoms with E-state index in [-0.39, 0.29) is 0 Å². The zero-order chi connectivity index (χ0) is 12.7. The van der Waals surface area contributed by atoms with Crippen molar-refractivity contribution in [3.8, 4) is 5.75 Å². The van der Waals surface area contributed by atoms with Gasteiger partial charge in [0.15, 0.2) is 5.41 Å². The average Bonchev–Trinajstić information content (AvgIpc) is 2.41. The third kappa shape index (κ3) is 3.43. The van der Waals surface area contributed by atoms with Gasteiger partial charge in [-0.05, 0) is 12.5 Å². The van der Waals surface area contributed by atoms with Crippen molar-refractivity contribution in [1.82, 2.24) is 0 Å². The average molecular weight is 252 g/mol. The molecular weight excluding hydrogens is 232 g/mol. The van der Waals surface area contributed by atoms with Gasteiger partial charge in [0.2, 0.25) is 0 Å². The Labute approximate surface area is 105 Å². The highest BCUT2D eigenvalue weighted by Crippen LogP contribution is 2.21. The Kier molecular flexibility index (Phi) is 5.41. The lowest BCUT2D eigenvalue weighted by molar-refractivity contribution is -0.150. The summed E-state index contributed by atoms with van der Waals surface area (Å²) in [5.41, 5.74) is 0.450. The quantitative estimate of drug-likeness (QED) is 0.550. The maximum Gasteiger partial charge on any atom is 0.282 e. The Hall–Kier alpha value is -1.10. The smallest absolute Gasteiger partial charge is 0.282 e. The van der Waals surface area contributed by atoms with Crippen molar-refractivity contribution >= 4 is 15.8 Å². The van der Waals surface area contributed by atoms with Gasteiger partial charge >= 0.3 is 0 Å². The number of hydrogen-bond acceptors (Lipinski definition) is 3.